The number of sulfonamides is 1. The lowest BCUT2D eigenvalue weighted by Crippen LogP contribution is -2.34. The summed E-state index contributed by atoms with van der Waals surface area (Å²) in [7, 11) is -3.14. The molecule has 0 aromatic rings. The molecule has 0 radical (unpaired) electrons. The van der Waals surface area contributed by atoms with E-state index in [1.54, 1.807) is 4.31 Å². The molecule has 5 nitrogen and oxygen atoms in total. The van der Waals surface area contributed by atoms with Crippen molar-refractivity contribution in [1.82, 2.24) is 4.31 Å². The van der Waals surface area contributed by atoms with Gasteiger partial charge in [-0.25, -0.2) is 12.7 Å². The molecule has 0 spiro atoms. The maximum Gasteiger partial charge on any atom is 0.214 e. The molecule has 150 valence electrons. The smallest absolute Gasteiger partial charge is 0.212 e. The summed E-state index contributed by atoms with van der Waals surface area (Å²) in [6.45, 7) is 3.26. The van der Waals surface area contributed by atoms with Crippen LogP contribution < -0.4 is 0 Å². The molecule has 0 atom stereocenters. The predicted molar refractivity (Wildman–Crippen MR) is 107 cm³/mol. The van der Waals surface area contributed by atoms with Gasteiger partial charge in [0.15, 0.2) is 0 Å². The number of rotatable bonds is 18. The van der Waals surface area contributed by atoms with Crippen LogP contribution in [0.4, 0.5) is 0 Å². The molecular formula is C20H37N3O2S. The third kappa shape index (κ3) is 14.1. The van der Waals surface area contributed by atoms with Gasteiger partial charge in [0.1, 0.15) is 0 Å². The molecular weight excluding hydrogens is 346 g/mol. The van der Waals surface area contributed by atoms with E-state index in [-0.39, 0.29) is 5.75 Å². The number of nitriles is 2. The Balaban J connectivity index is 4.18. The van der Waals surface area contributed by atoms with Crippen LogP contribution in [0.15, 0.2) is 0 Å². The van der Waals surface area contributed by atoms with Gasteiger partial charge in [-0.2, -0.15) is 10.5 Å². The Kier molecular flexibility index (Phi) is 16.6. The van der Waals surface area contributed by atoms with Gasteiger partial charge in [-0.15, -0.1) is 0 Å². The van der Waals surface area contributed by atoms with Crippen molar-refractivity contribution in [2.75, 3.05) is 18.8 Å². The maximum atomic E-state index is 12.6. The fraction of sp³-hybridized carbons (Fsp3) is 0.900. The minimum atomic E-state index is -3.14. The average Bonchev–Trinajstić information content (AvgIpc) is 2.63. The lowest BCUT2D eigenvalue weighted by molar-refractivity contribution is 0.383. The van der Waals surface area contributed by atoms with Crippen LogP contribution in [0.1, 0.15) is 96.8 Å². The van der Waals surface area contributed by atoms with E-state index in [9.17, 15) is 8.42 Å². The van der Waals surface area contributed by atoms with Gasteiger partial charge in [-0.3, -0.25) is 0 Å². The van der Waals surface area contributed by atoms with Crippen molar-refractivity contribution in [3.8, 4) is 12.1 Å². The van der Waals surface area contributed by atoms with Gasteiger partial charge in [0.25, 0.3) is 0 Å². The number of nitrogens with zero attached hydrogens (tertiary/aromatic N) is 3. The standard InChI is InChI=1S/C20H37N3O2S/c1-2-3-20-26(24,25)23(18-14-10-6-4-8-12-16-21)19-15-11-7-5-9-13-17-22/h2-15,18-20H2,1H3. The van der Waals surface area contributed by atoms with Gasteiger partial charge in [0.05, 0.1) is 17.9 Å². The molecule has 0 heterocycles. The second-order valence-electron chi connectivity index (χ2n) is 6.92. The molecule has 0 N–H and O–H groups in total. The molecule has 0 aliphatic rings. The zero-order valence-corrected chi connectivity index (χ0v) is 17.4. The van der Waals surface area contributed by atoms with Crippen LogP contribution in [0.3, 0.4) is 0 Å². The highest BCUT2D eigenvalue weighted by Crippen LogP contribution is 2.13. The Morgan fingerprint density at radius 2 is 1.12 bits per heavy atom. The first-order valence-corrected chi connectivity index (χ1v) is 11.9. The first-order chi connectivity index (χ1) is 12.6. The van der Waals surface area contributed by atoms with Crippen LogP contribution in [0, 0.1) is 22.7 Å². The number of hydrogen-bond acceptors (Lipinski definition) is 4. The minimum absolute atomic E-state index is 0.258. The van der Waals surface area contributed by atoms with Gasteiger partial charge >= 0.3 is 0 Å². The Morgan fingerprint density at radius 3 is 1.54 bits per heavy atom. The van der Waals surface area contributed by atoms with Crippen LogP contribution in [-0.2, 0) is 10.0 Å². The SMILES string of the molecule is CCCCS(=O)(=O)N(CCCCCCCC#N)CCCCCCCC#N. The van der Waals surface area contributed by atoms with Gasteiger partial charge in [-0.05, 0) is 32.1 Å². The Labute approximate surface area is 161 Å². The first kappa shape index (κ1) is 24.9. The second kappa shape index (κ2) is 17.3. The van der Waals surface area contributed by atoms with Gasteiger partial charge in [0.2, 0.25) is 10.0 Å². The van der Waals surface area contributed by atoms with Crippen molar-refractivity contribution in [2.45, 2.75) is 96.8 Å². The summed E-state index contributed by atoms with van der Waals surface area (Å²) in [6, 6.07) is 4.32. The van der Waals surface area contributed by atoms with E-state index in [1.165, 1.54) is 0 Å². The summed E-state index contributed by atoms with van der Waals surface area (Å²) >= 11 is 0. The maximum absolute atomic E-state index is 12.6. The van der Waals surface area contributed by atoms with Crippen molar-refractivity contribution >= 4 is 10.0 Å². The lowest BCUT2D eigenvalue weighted by atomic mass is 10.1. The van der Waals surface area contributed by atoms with Crippen molar-refractivity contribution in [2.24, 2.45) is 0 Å². The largest absolute Gasteiger partial charge is 0.214 e. The Hall–Kier alpha value is -1.11. The normalized spacial score (nSPS) is 11.4. The second-order valence-corrected chi connectivity index (χ2v) is 9.01. The fourth-order valence-corrected chi connectivity index (χ4v) is 4.62. The van der Waals surface area contributed by atoms with Crippen LogP contribution in [0.2, 0.25) is 0 Å². The van der Waals surface area contributed by atoms with E-state index in [4.69, 9.17) is 10.5 Å². The highest BCUT2D eigenvalue weighted by atomic mass is 32.2. The summed E-state index contributed by atoms with van der Waals surface area (Å²) < 4.78 is 26.8. The first-order valence-electron chi connectivity index (χ1n) is 10.3. The van der Waals surface area contributed by atoms with Crippen LogP contribution >= 0.6 is 0 Å². The van der Waals surface area contributed by atoms with Crippen LogP contribution in [0.5, 0.6) is 0 Å². The lowest BCUT2D eigenvalue weighted by Gasteiger charge is -2.22. The molecule has 0 rings (SSSR count). The minimum Gasteiger partial charge on any atom is -0.212 e. The molecule has 0 amide bonds. The summed E-state index contributed by atoms with van der Waals surface area (Å²) in [4.78, 5) is 0. The summed E-state index contributed by atoms with van der Waals surface area (Å²) in [5.74, 6) is 0.258. The Bertz CT molecular complexity index is 478. The molecule has 0 fully saturated rings. The molecule has 0 aromatic carbocycles. The van der Waals surface area contributed by atoms with E-state index in [0.717, 1.165) is 77.0 Å². The summed E-state index contributed by atoms with van der Waals surface area (Å²) in [5.41, 5.74) is 0. The highest BCUT2D eigenvalue weighted by molar-refractivity contribution is 7.89. The molecule has 0 aromatic heterocycles. The van der Waals surface area contributed by atoms with E-state index in [1.807, 2.05) is 6.92 Å². The molecule has 26 heavy (non-hydrogen) atoms. The molecule has 0 aliphatic carbocycles. The third-order valence-corrected chi connectivity index (χ3v) is 6.50. The zero-order valence-electron chi connectivity index (χ0n) is 16.6. The quantitative estimate of drug-likeness (QED) is 0.306. The summed E-state index contributed by atoms with van der Waals surface area (Å²) in [5, 5.41) is 17.1. The van der Waals surface area contributed by atoms with Gasteiger partial charge < -0.3 is 0 Å². The third-order valence-electron chi connectivity index (χ3n) is 4.54. The van der Waals surface area contributed by atoms with E-state index in [0.29, 0.717) is 25.9 Å². The van der Waals surface area contributed by atoms with Gasteiger partial charge in [-0.1, -0.05) is 51.9 Å². The van der Waals surface area contributed by atoms with E-state index in [2.05, 4.69) is 12.1 Å². The van der Waals surface area contributed by atoms with Crippen LogP contribution in [-0.4, -0.2) is 31.6 Å². The van der Waals surface area contributed by atoms with Crippen molar-refractivity contribution in [3.63, 3.8) is 0 Å². The summed E-state index contributed by atoms with van der Waals surface area (Å²) in [6.07, 6.45) is 12.9. The average molecular weight is 384 g/mol. The molecule has 0 saturated carbocycles. The monoisotopic (exact) mass is 383 g/mol. The van der Waals surface area contributed by atoms with E-state index < -0.39 is 10.0 Å². The molecule has 0 bridgehead atoms. The fourth-order valence-electron chi connectivity index (χ4n) is 2.89. The number of unbranched alkanes of at least 4 members (excludes halogenated alkanes) is 11. The zero-order chi connectivity index (χ0) is 19.5. The Morgan fingerprint density at radius 1 is 0.692 bits per heavy atom. The molecule has 0 unspecified atom stereocenters. The topological polar surface area (TPSA) is 85.0 Å². The van der Waals surface area contributed by atoms with Gasteiger partial charge in [0, 0.05) is 25.9 Å². The van der Waals surface area contributed by atoms with Crippen molar-refractivity contribution in [3.05, 3.63) is 0 Å². The van der Waals surface area contributed by atoms with Crippen LogP contribution in [0.25, 0.3) is 0 Å². The molecule has 6 heteroatoms. The molecule has 0 saturated heterocycles. The van der Waals surface area contributed by atoms with Crippen molar-refractivity contribution in [1.29, 1.82) is 10.5 Å². The number of hydrogen-bond donors (Lipinski definition) is 0. The van der Waals surface area contributed by atoms with E-state index >= 15 is 0 Å². The highest BCUT2D eigenvalue weighted by Gasteiger charge is 2.20. The molecule has 0 aliphatic heterocycles. The van der Waals surface area contributed by atoms with Crippen molar-refractivity contribution < 1.29 is 8.42 Å². The predicted octanol–water partition coefficient (Wildman–Crippen LogP) is 5.15.